The average Bonchev–Trinajstić information content (AvgIpc) is 3.46. The van der Waals surface area contributed by atoms with Crippen molar-refractivity contribution in [2.24, 2.45) is 5.92 Å². The van der Waals surface area contributed by atoms with E-state index in [2.05, 4.69) is 20.5 Å². The first-order valence-electron chi connectivity index (χ1n) is 10.3. The van der Waals surface area contributed by atoms with E-state index in [1.165, 1.54) is 12.8 Å². The molecule has 0 spiro atoms. The normalized spacial score (nSPS) is 22.2. The van der Waals surface area contributed by atoms with Crippen LogP contribution in [0.15, 0.2) is 24.5 Å². The summed E-state index contributed by atoms with van der Waals surface area (Å²) in [6, 6.07) is 4.42. The highest BCUT2D eigenvalue weighted by Gasteiger charge is 2.37. The SMILES string of the molecule is COCCC(=O)NC[C@@H]1CC[C@H](CC(=O)NCc2cccnc2)N1CC1CC1. The van der Waals surface area contributed by atoms with Crippen molar-refractivity contribution in [3.05, 3.63) is 30.1 Å². The third kappa shape index (κ3) is 6.56. The van der Waals surface area contributed by atoms with Gasteiger partial charge in [0.2, 0.25) is 11.8 Å². The molecule has 2 N–H and O–H groups in total. The lowest BCUT2D eigenvalue weighted by Crippen LogP contribution is -2.45. The summed E-state index contributed by atoms with van der Waals surface area (Å²) in [6.07, 6.45) is 9.01. The maximum absolute atomic E-state index is 12.5. The maximum Gasteiger partial charge on any atom is 0.222 e. The number of pyridine rings is 1. The molecule has 1 aromatic heterocycles. The van der Waals surface area contributed by atoms with Gasteiger partial charge in [-0.1, -0.05) is 6.07 Å². The van der Waals surface area contributed by atoms with E-state index in [1.807, 2.05) is 12.1 Å². The van der Waals surface area contributed by atoms with Crippen molar-refractivity contribution < 1.29 is 14.3 Å². The fourth-order valence-electron chi connectivity index (χ4n) is 3.85. The Morgan fingerprint density at radius 2 is 2.00 bits per heavy atom. The predicted molar refractivity (Wildman–Crippen MR) is 106 cm³/mol. The zero-order valence-electron chi connectivity index (χ0n) is 16.7. The minimum absolute atomic E-state index is 0.0332. The first-order valence-corrected chi connectivity index (χ1v) is 10.3. The van der Waals surface area contributed by atoms with Crippen molar-refractivity contribution in [2.45, 2.75) is 57.2 Å². The number of carbonyl (C=O) groups excluding carboxylic acids is 2. The summed E-state index contributed by atoms with van der Waals surface area (Å²) < 4.78 is 4.96. The second-order valence-corrected chi connectivity index (χ2v) is 7.91. The van der Waals surface area contributed by atoms with Crippen LogP contribution in [0, 0.1) is 5.92 Å². The fraction of sp³-hybridized carbons (Fsp3) is 0.667. The van der Waals surface area contributed by atoms with E-state index < -0.39 is 0 Å². The first kappa shape index (κ1) is 20.7. The van der Waals surface area contributed by atoms with E-state index in [4.69, 9.17) is 4.74 Å². The first-order chi connectivity index (χ1) is 13.7. The number of rotatable bonds is 11. The Labute approximate surface area is 167 Å². The van der Waals surface area contributed by atoms with Crippen molar-refractivity contribution >= 4 is 11.8 Å². The molecule has 2 aliphatic rings. The molecule has 0 aromatic carbocycles. The summed E-state index contributed by atoms with van der Waals surface area (Å²) in [5.41, 5.74) is 1.01. The molecule has 154 valence electrons. The number of hydrogen-bond acceptors (Lipinski definition) is 5. The quantitative estimate of drug-likeness (QED) is 0.600. The Bertz CT molecular complexity index is 636. The zero-order chi connectivity index (χ0) is 19.8. The number of aromatic nitrogens is 1. The summed E-state index contributed by atoms with van der Waals surface area (Å²) >= 11 is 0. The molecule has 1 saturated carbocycles. The van der Waals surface area contributed by atoms with Gasteiger partial charge in [0, 0.05) is 64.1 Å². The Morgan fingerprint density at radius 3 is 2.71 bits per heavy atom. The Morgan fingerprint density at radius 1 is 1.18 bits per heavy atom. The smallest absolute Gasteiger partial charge is 0.222 e. The van der Waals surface area contributed by atoms with Crippen LogP contribution in [0.3, 0.4) is 0 Å². The zero-order valence-corrected chi connectivity index (χ0v) is 16.7. The molecule has 1 saturated heterocycles. The third-order valence-electron chi connectivity index (χ3n) is 5.64. The highest BCUT2D eigenvalue weighted by molar-refractivity contribution is 5.77. The molecule has 1 aromatic rings. The minimum atomic E-state index is 0.0332. The van der Waals surface area contributed by atoms with E-state index in [0.717, 1.165) is 30.9 Å². The maximum atomic E-state index is 12.5. The Kier molecular flexibility index (Phi) is 7.80. The second kappa shape index (κ2) is 10.5. The number of methoxy groups -OCH3 is 1. The van der Waals surface area contributed by atoms with Gasteiger partial charge in [-0.2, -0.15) is 0 Å². The molecular formula is C21H32N4O3. The topological polar surface area (TPSA) is 83.6 Å². The van der Waals surface area contributed by atoms with Gasteiger partial charge >= 0.3 is 0 Å². The van der Waals surface area contributed by atoms with Crippen LogP contribution in [0.4, 0.5) is 0 Å². The van der Waals surface area contributed by atoms with Gasteiger partial charge in [0.25, 0.3) is 0 Å². The van der Waals surface area contributed by atoms with E-state index >= 15 is 0 Å². The molecule has 0 unspecified atom stereocenters. The van der Waals surface area contributed by atoms with Gasteiger partial charge in [-0.25, -0.2) is 0 Å². The fourth-order valence-corrected chi connectivity index (χ4v) is 3.85. The molecule has 1 aliphatic heterocycles. The van der Waals surface area contributed by atoms with E-state index in [9.17, 15) is 9.59 Å². The van der Waals surface area contributed by atoms with Crippen molar-refractivity contribution in [3.8, 4) is 0 Å². The summed E-state index contributed by atoms with van der Waals surface area (Å²) in [5.74, 6) is 0.871. The molecule has 7 heteroatoms. The number of carbonyl (C=O) groups is 2. The summed E-state index contributed by atoms with van der Waals surface area (Å²) in [5, 5.41) is 6.05. The van der Waals surface area contributed by atoms with Gasteiger partial charge in [0.05, 0.1) is 6.61 Å². The number of nitrogens with zero attached hydrogens (tertiary/aromatic N) is 2. The molecule has 0 radical (unpaired) electrons. The van der Waals surface area contributed by atoms with Crippen LogP contribution in [0.5, 0.6) is 0 Å². The largest absolute Gasteiger partial charge is 0.384 e. The lowest BCUT2D eigenvalue weighted by Gasteiger charge is -2.30. The van der Waals surface area contributed by atoms with E-state index in [0.29, 0.717) is 38.6 Å². The monoisotopic (exact) mass is 388 g/mol. The number of hydrogen-bond donors (Lipinski definition) is 2. The summed E-state index contributed by atoms with van der Waals surface area (Å²) in [4.78, 5) is 30.9. The molecule has 2 amide bonds. The Balaban J connectivity index is 1.47. The number of amides is 2. The Hall–Kier alpha value is -1.99. The van der Waals surface area contributed by atoms with Crippen molar-refractivity contribution in [2.75, 3.05) is 26.8 Å². The molecule has 2 atom stereocenters. The molecular weight excluding hydrogens is 356 g/mol. The van der Waals surface area contributed by atoms with Gasteiger partial charge in [-0.15, -0.1) is 0 Å². The van der Waals surface area contributed by atoms with Crippen LogP contribution in [-0.2, 0) is 20.9 Å². The third-order valence-corrected chi connectivity index (χ3v) is 5.64. The lowest BCUT2D eigenvalue weighted by atomic mass is 10.1. The molecule has 1 aliphatic carbocycles. The van der Waals surface area contributed by atoms with Gasteiger partial charge in [-0.05, 0) is 43.2 Å². The predicted octanol–water partition coefficient (Wildman–Crippen LogP) is 1.48. The average molecular weight is 389 g/mol. The number of nitrogens with one attached hydrogen (secondary N) is 2. The molecule has 28 heavy (non-hydrogen) atoms. The van der Waals surface area contributed by atoms with Crippen molar-refractivity contribution in [1.29, 1.82) is 0 Å². The molecule has 2 heterocycles. The van der Waals surface area contributed by atoms with Gasteiger partial charge < -0.3 is 15.4 Å². The number of likely N-dealkylation sites (tertiary alicyclic amines) is 1. The van der Waals surface area contributed by atoms with Gasteiger partial charge in [-0.3, -0.25) is 19.5 Å². The van der Waals surface area contributed by atoms with E-state index in [1.54, 1.807) is 19.5 Å². The van der Waals surface area contributed by atoms with Crippen molar-refractivity contribution in [3.63, 3.8) is 0 Å². The number of ether oxygens (including phenoxy) is 1. The van der Waals surface area contributed by atoms with Crippen LogP contribution in [0.25, 0.3) is 0 Å². The van der Waals surface area contributed by atoms with Crippen LogP contribution in [0.2, 0.25) is 0 Å². The highest BCUT2D eigenvalue weighted by atomic mass is 16.5. The molecule has 2 fully saturated rings. The van der Waals surface area contributed by atoms with Crippen LogP contribution in [0.1, 0.15) is 44.1 Å². The van der Waals surface area contributed by atoms with Crippen LogP contribution < -0.4 is 10.6 Å². The molecule has 3 rings (SSSR count). The van der Waals surface area contributed by atoms with Crippen molar-refractivity contribution in [1.82, 2.24) is 20.5 Å². The minimum Gasteiger partial charge on any atom is -0.384 e. The molecule has 0 bridgehead atoms. The highest BCUT2D eigenvalue weighted by Crippen LogP contribution is 2.35. The van der Waals surface area contributed by atoms with Gasteiger partial charge in [0.15, 0.2) is 0 Å². The summed E-state index contributed by atoms with van der Waals surface area (Å²) in [7, 11) is 1.60. The lowest BCUT2D eigenvalue weighted by molar-refractivity contribution is -0.123. The molecule has 7 nitrogen and oxygen atoms in total. The van der Waals surface area contributed by atoms with Crippen LogP contribution in [-0.4, -0.2) is 60.6 Å². The summed E-state index contributed by atoms with van der Waals surface area (Å²) in [6.45, 7) is 2.66. The van der Waals surface area contributed by atoms with E-state index in [-0.39, 0.29) is 17.9 Å². The second-order valence-electron chi connectivity index (χ2n) is 7.91. The van der Waals surface area contributed by atoms with Gasteiger partial charge in [0.1, 0.15) is 0 Å². The standard InChI is InChI=1S/C21H32N4O3/c1-28-10-8-20(26)24-14-19-7-6-18(25(19)15-16-4-5-16)11-21(27)23-13-17-3-2-9-22-12-17/h2-3,9,12,16,18-19H,4-8,10-11,13-15H2,1H3,(H,23,27)(H,24,26)/t18-,19+/m1/s1. The van der Waals surface area contributed by atoms with Crippen LogP contribution >= 0.6 is 0 Å².